The third kappa shape index (κ3) is 12.6. The molecular weight excluding hydrogens is 554 g/mol. The fourth-order valence-corrected chi connectivity index (χ4v) is 4.20. The van der Waals surface area contributed by atoms with Crippen molar-refractivity contribution in [2.45, 2.75) is 37.4 Å². The summed E-state index contributed by atoms with van der Waals surface area (Å²) in [7, 11) is -1.26. The number of hydrogen-bond donors (Lipinski definition) is 7. The van der Waals surface area contributed by atoms with Crippen molar-refractivity contribution in [3.63, 3.8) is 0 Å². The number of rotatable bonds is 16. The summed E-state index contributed by atoms with van der Waals surface area (Å²) in [6.07, 6.45) is 1.59. The number of carbonyl (C=O) groups is 5. The molecule has 14 heteroatoms. The number of carboxylic acid groups (broad SMARTS) is 1. The molecule has 222 valence electrons. The molecule has 0 bridgehead atoms. The van der Waals surface area contributed by atoms with Crippen LogP contribution in [-0.4, -0.2) is 87.2 Å². The van der Waals surface area contributed by atoms with Crippen molar-refractivity contribution in [1.82, 2.24) is 21.3 Å². The molecule has 2 aromatic rings. The van der Waals surface area contributed by atoms with Crippen LogP contribution in [-0.2, 0) is 47.6 Å². The number of aliphatic carboxylic acids is 1. The average molecular weight is 590 g/mol. The molecule has 4 atom stereocenters. The topological polar surface area (TPSA) is 217 Å². The van der Waals surface area contributed by atoms with E-state index < -0.39 is 71.6 Å². The van der Waals surface area contributed by atoms with Crippen molar-refractivity contribution < 1.29 is 38.4 Å². The maximum atomic E-state index is 12.9. The van der Waals surface area contributed by atoms with Crippen molar-refractivity contribution in [3.05, 3.63) is 65.7 Å². The molecule has 0 radical (unpaired) electrons. The van der Waals surface area contributed by atoms with Gasteiger partial charge >= 0.3 is 5.97 Å². The quantitative estimate of drug-likeness (QED) is 0.122. The van der Waals surface area contributed by atoms with E-state index in [0.29, 0.717) is 5.56 Å². The van der Waals surface area contributed by atoms with Gasteiger partial charge in [-0.15, -0.1) is 0 Å². The molecule has 0 aliphatic rings. The van der Waals surface area contributed by atoms with Gasteiger partial charge in [-0.3, -0.25) is 23.4 Å². The van der Waals surface area contributed by atoms with Crippen LogP contribution in [0.4, 0.5) is 0 Å². The highest BCUT2D eigenvalue weighted by Gasteiger charge is 2.27. The van der Waals surface area contributed by atoms with Gasteiger partial charge in [0.2, 0.25) is 23.6 Å². The monoisotopic (exact) mass is 589 g/mol. The van der Waals surface area contributed by atoms with E-state index in [1.807, 2.05) is 0 Å². The number of phenols is 1. The molecule has 0 saturated carbocycles. The molecule has 2 rings (SSSR count). The molecule has 0 aliphatic heterocycles. The Morgan fingerprint density at radius 2 is 1.41 bits per heavy atom. The van der Waals surface area contributed by atoms with Crippen molar-refractivity contribution in [3.8, 4) is 5.75 Å². The van der Waals surface area contributed by atoms with Crippen LogP contribution in [0.3, 0.4) is 0 Å². The number of nitrogens with two attached hydrogens (primary N) is 1. The minimum absolute atomic E-state index is 0.0490. The molecule has 0 unspecified atom stereocenters. The molecule has 13 nitrogen and oxygen atoms in total. The fourth-order valence-electron chi connectivity index (χ4n) is 3.64. The van der Waals surface area contributed by atoms with Gasteiger partial charge in [-0.2, -0.15) is 0 Å². The number of carbonyl (C=O) groups excluding carboxylic acids is 4. The van der Waals surface area contributed by atoms with Gasteiger partial charge in [0, 0.05) is 29.2 Å². The lowest BCUT2D eigenvalue weighted by Gasteiger charge is -2.22. The van der Waals surface area contributed by atoms with Crippen LogP contribution in [0.2, 0.25) is 0 Å². The van der Waals surface area contributed by atoms with E-state index in [9.17, 15) is 38.4 Å². The lowest BCUT2D eigenvalue weighted by atomic mass is 10.0. The zero-order valence-corrected chi connectivity index (χ0v) is 23.3. The third-order valence-corrected chi connectivity index (χ3v) is 6.65. The second-order valence-electron chi connectivity index (χ2n) is 9.25. The summed E-state index contributed by atoms with van der Waals surface area (Å²) in [6.45, 7) is -0.952. The fraction of sp³-hybridized carbons (Fsp3) is 0.370. The first kappa shape index (κ1) is 32.9. The zero-order valence-electron chi connectivity index (χ0n) is 22.5. The number of aromatic hydroxyl groups is 1. The van der Waals surface area contributed by atoms with E-state index in [1.54, 1.807) is 42.5 Å². The van der Waals surface area contributed by atoms with Crippen LogP contribution in [0, 0.1) is 0 Å². The molecule has 2 aromatic carbocycles. The van der Waals surface area contributed by atoms with Crippen molar-refractivity contribution in [1.29, 1.82) is 0 Å². The summed E-state index contributed by atoms with van der Waals surface area (Å²) in [5.41, 5.74) is 7.29. The Bertz CT molecular complexity index is 1230. The number of phenolic OH excluding ortho intramolecular Hbond substituents is 1. The van der Waals surface area contributed by atoms with Crippen LogP contribution in [0.15, 0.2) is 54.6 Å². The SMILES string of the molecule is C[S@@](=O)CC[C@H](NC(=O)[C@H](Cc1ccccc1)NC(=O)CNC(=O)CNC(=O)[C@@H](N)Cc1ccc(O)cc1)C(=O)O. The largest absolute Gasteiger partial charge is 0.508 e. The number of nitrogens with one attached hydrogen (secondary N) is 4. The van der Waals surface area contributed by atoms with Crippen molar-refractivity contribution >= 4 is 40.4 Å². The first-order valence-electron chi connectivity index (χ1n) is 12.7. The maximum absolute atomic E-state index is 12.9. The molecule has 0 saturated heterocycles. The van der Waals surface area contributed by atoms with E-state index in [0.717, 1.165) is 5.56 Å². The predicted octanol–water partition coefficient (Wildman–Crippen LogP) is -1.44. The summed E-state index contributed by atoms with van der Waals surface area (Å²) < 4.78 is 11.4. The van der Waals surface area contributed by atoms with Crippen molar-refractivity contribution in [2.24, 2.45) is 5.73 Å². The molecule has 4 amide bonds. The Balaban J connectivity index is 1.89. The molecule has 0 fully saturated rings. The summed E-state index contributed by atoms with van der Waals surface area (Å²) in [5.74, 6) is -3.88. The lowest BCUT2D eigenvalue weighted by molar-refractivity contribution is -0.142. The Hall–Kier alpha value is -4.30. The molecule has 0 aromatic heterocycles. The third-order valence-electron chi connectivity index (χ3n) is 5.84. The number of benzene rings is 2. The Morgan fingerprint density at radius 1 is 0.805 bits per heavy atom. The first-order chi connectivity index (χ1) is 19.4. The first-order valence-corrected chi connectivity index (χ1v) is 14.4. The summed E-state index contributed by atoms with van der Waals surface area (Å²) in [5, 5.41) is 28.4. The van der Waals surface area contributed by atoms with Gasteiger partial charge in [-0.25, -0.2) is 4.79 Å². The van der Waals surface area contributed by atoms with Gasteiger partial charge < -0.3 is 37.2 Å². The van der Waals surface area contributed by atoms with Gasteiger partial charge in [0.25, 0.3) is 0 Å². The minimum Gasteiger partial charge on any atom is -0.508 e. The molecule has 0 spiro atoms. The molecule has 8 N–H and O–H groups in total. The van der Waals surface area contributed by atoms with Crippen LogP contribution in [0.1, 0.15) is 17.5 Å². The molecule has 41 heavy (non-hydrogen) atoms. The predicted molar refractivity (Wildman–Crippen MR) is 151 cm³/mol. The number of carboxylic acids is 1. The summed E-state index contributed by atoms with van der Waals surface area (Å²) >= 11 is 0. The Kier molecular flexibility index (Phi) is 13.4. The maximum Gasteiger partial charge on any atom is 0.326 e. The minimum atomic E-state index is -1.30. The van der Waals surface area contributed by atoms with Crippen LogP contribution >= 0.6 is 0 Å². The van der Waals surface area contributed by atoms with E-state index in [1.165, 1.54) is 18.4 Å². The highest BCUT2D eigenvalue weighted by Crippen LogP contribution is 2.11. The molecule has 0 heterocycles. The number of amides is 4. The standard InChI is InChI=1S/C27H35N5O8S/c1-41(40)12-11-21(27(38)39)32-26(37)22(14-17-5-3-2-4-6-17)31-24(35)16-29-23(34)15-30-25(36)20(28)13-18-7-9-19(33)10-8-18/h2-10,20-22,33H,11-16,28H2,1H3,(H,29,34)(H,30,36)(H,31,35)(H,32,37)(H,38,39)/t20-,21-,22-,41+/m0/s1. The van der Waals surface area contributed by atoms with Crippen LogP contribution in [0.5, 0.6) is 5.75 Å². The second-order valence-corrected chi connectivity index (χ2v) is 10.8. The van der Waals surface area contributed by atoms with Crippen LogP contribution < -0.4 is 27.0 Å². The number of hydrogen-bond acceptors (Lipinski definition) is 8. The summed E-state index contributed by atoms with van der Waals surface area (Å²) in [4.78, 5) is 61.5. The molecular formula is C27H35N5O8S. The van der Waals surface area contributed by atoms with E-state index in [2.05, 4.69) is 21.3 Å². The van der Waals surface area contributed by atoms with Gasteiger partial charge in [-0.05, 0) is 36.1 Å². The van der Waals surface area contributed by atoms with Crippen LogP contribution in [0.25, 0.3) is 0 Å². The van der Waals surface area contributed by atoms with Crippen molar-refractivity contribution in [2.75, 3.05) is 25.1 Å². The lowest BCUT2D eigenvalue weighted by Crippen LogP contribution is -2.54. The van der Waals surface area contributed by atoms with Gasteiger partial charge in [0.05, 0.1) is 19.1 Å². The van der Waals surface area contributed by atoms with Gasteiger partial charge in [-0.1, -0.05) is 42.5 Å². The average Bonchev–Trinajstić information content (AvgIpc) is 2.93. The summed E-state index contributed by atoms with van der Waals surface area (Å²) in [6, 6.07) is 11.5. The van der Waals surface area contributed by atoms with E-state index in [-0.39, 0.29) is 30.8 Å². The molecule has 0 aliphatic carbocycles. The highest BCUT2D eigenvalue weighted by molar-refractivity contribution is 7.84. The Labute approximate surface area is 239 Å². The highest BCUT2D eigenvalue weighted by atomic mass is 32.2. The second kappa shape index (κ2) is 16.7. The van der Waals surface area contributed by atoms with Gasteiger partial charge in [0.15, 0.2) is 0 Å². The normalized spacial score (nSPS) is 13.6. The van der Waals surface area contributed by atoms with Gasteiger partial charge in [0.1, 0.15) is 17.8 Å². The Morgan fingerprint density at radius 3 is 2.02 bits per heavy atom. The smallest absolute Gasteiger partial charge is 0.326 e. The zero-order chi connectivity index (χ0) is 30.4. The van der Waals surface area contributed by atoms with E-state index in [4.69, 9.17) is 5.73 Å². The van der Waals surface area contributed by atoms with E-state index >= 15 is 0 Å².